The van der Waals surface area contributed by atoms with Crippen molar-refractivity contribution in [3.8, 4) is 5.75 Å². The quantitative estimate of drug-likeness (QED) is 0.566. The third kappa shape index (κ3) is 7.67. The van der Waals surface area contributed by atoms with Crippen LogP contribution in [0, 0.1) is 5.82 Å². The number of ether oxygens (including phenoxy) is 2. The molecule has 0 atom stereocenters. The molecule has 0 heterocycles. The van der Waals surface area contributed by atoms with Crippen LogP contribution < -0.4 is 10.1 Å². The maximum Gasteiger partial charge on any atom is 0.129 e. The normalized spacial score (nSPS) is 10.8. The number of nitrogens with one attached hydrogen (secondary N) is 1. The molecule has 0 aromatic heterocycles. The summed E-state index contributed by atoms with van der Waals surface area (Å²) in [6, 6.07) is 14.6. The molecule has 0 aliphatic rings. The van der Waals surface area contributed by atoms with Crippen LogP contribution in [0.2, 0.25) is 0 Å². The molecule has 3 nitrogen and oxygen atoms in total. The minimum atomic E-state index is -0.235. The zero-order chi connectivity index (χ0) is 17.7. The number of halogens is 1. The fourth-order valence-corrected chi connectivity index (χ4v) is 2.40. The fraction of sp³-hybridized carbons (Fsp3) is 0.429. The van der Waals surface area contributed by atoms with Crippen molar-refractivity contribution in [2.45, 2.75) is 39.3 Å². The lowest BCUT2D eigenvalue weighted by atomic mass is 10.2. The molecule has 2 aromatic carbocycles. The van der Waals surface area contributed by atoms with Crippen LogP contribution >= 0.6 is 0 Å². The largest absolute Gasteiger partial charge is 0.489 e. The molecule has 0 bridgehead atoms. The third-order valence-corrected chi connectivity index (χ3v) is 3.86. The van der Waals surface area contributed by atoms with E-state index in [4.69, 9.17) is 9.47 Å². The summed E-state index contributed by atoms with van der Waals surface area (Å²) in [4.78, 5) is 0. The van der Waals surface area contributed by atoms with E-state index >= 15 is 0 Å². The van der Waals surface area contributed by atoms with Crippen LogP contribution in [-0.4, -0.2) is 19.8 Å². The van der Waals surface area contributed by atoms with Crippen LogP contribution in [0.25, 0.3) is 0 Å². The monoisotopic (exact) mass is 345 g/mol. The van der Waals surface area contributed by atoms with Gasteiger partial charge in [0.1, 0.15) is 18.2 Å². The summed E-state index contributed by atoms with van der Waals surface area (Å²) in [6.45, 7) is 5.77. The van der Waals surface area contributed by atoms with E-state index in [-0.39, 0.29) is 12.4 Å². The van der Waals surface area contributed by atoms with Crippen LogP contribution in [0.1, 0.15) is 37.3 Å². The van der Waals surface area contributed by atoms with Crippen LogP contribution in [0.5, 0.6) is 5.75 Å². The van der Waals surface area contributed by atoms with E-state index in [1.165, 1.54) is 12.5 Å². The SMILES string of the molecule is CCCCOCCCNCc1cccc(OCc2ccccc2F)c1. The second-order valence-corrected chi connectivity index (χ2v) is 6.02. The van der Waals surface area contributed by atoms with E-state index in [1.54, 1.807) is 12.1 Å². The Hall–Kier alpha value is -1.91. The van der Waals surface area contributed by atoms with Crippen LogP contribution in [-0.2, 0) is 17.9 Å². The van der Waals surface area contributed by atoms with Gasteiger partial charge in [0.25, 0.3) is 0 Å². The first-order valence-electron chi connectivity index (χ1n) is 9.03. The molecule has 0 saturated carbocycles. The molecular formula is C21H28FNO2. The van der Waals surface area contributed by atoms with Crippen molar-refractivity contribution < 1.29 is 13.9 Å². The molecule has 0 amide bonds. The molecular weight excluding hydrogens is 317 g/mol. The fourth-order valence-electron chi connectivity index (χ4n) is 2.40. The van der Waals surface area contributed by atoms with E-state index in [2.05, 4.69) is 18.3 Å². The summed E-state index contributed by atoms with van der Waals surface area (Å²) < 4.78 is 24.9. The first kappa shape index (κ1) is 19.4. The Morgan fingerprint density at radius 1 is 1.00 bits per heavy atom. The maximum atomic E-state index is 13.6. The summed E-state index contributed by atoms with van der Waals surface area (Å²) in [6.07, 6.45) is 3.31. The van der Waals surface area contributed by atoms with Crippen molar-refractivity contribution in [1.82, 2.24) is 5.32 Å². The molecule has 2 aromatic rings. The first-order chi connectivity index (χ1) is 12.3. The molecule has 136 valence electrons. The van der Waals surface area contributed by atoms with Gasteiger partial charge in [-0.25, -0.2) is 4.39 Å². The van der Waals surface area contributed by atoms with Crippen molar-refractivity contribution in [2.75, 3.05) is 19.8 Å². The molecule has 25 heavy (non-hydrogen) atoms. The number of hydrogen-bond acceptors (Lipinski definition) is 3. The van der Waals surface area contributed by atoms with E-state index in [9.17, 15) is 4.39 Å². The van der Waals surface area contributed by atoms with E-state index < -0.39 is 0 Å². The Kier molecular flexibility index (Phi) is 9.02. The van der Waals surface area contributed by atoms with Crippen molar-refractivity contribution in [1.29, 1.82) is 0 Å². The molecule has 0 fully saturated rings. The summed E-state index contributed by atoms with van der Waals surface area (Å²) in [5, 5.41) is 3.41. The van der Waals surface area contributed by atoms with Gasteiger partial charge < -0.3 is 14.8 Å². The van der Waals surface area contributed by atoms with Gasteiger partial charge in [-0.15, -0.1) is 0 Å². The molecule has 0 radical (unpaired) electrons. The molecule has 2 rings (SSSR count). The second-order valence-electron chi connectivity index (χ2n) is 6.02. The number of hydrogen-bond donors (Lipinski definition) is 1. The zero-order valence-corrected chi connectivity index (χ0v) is 15.0. The second kappa shape index (κ2) is 11.6. The lowest BCUT2D eigenvalue weighted by Gasteiger charge is -2.10. The predicted molar refractivity (Wildman–Crippen MR) is 99.2 cm³/mol. The summed E-state index contributed by atoms with van der Waals surface area (Å²) in [5.41, 5.74) is 1.71. The van der Waals surface area contributed by atoms with E-state index in [0.29, 0.717) is 5.56 Å². The lowest BCUT2D eigenvalue weighted by Crippen LogP contribution is -2.16. The van der Waals surface area contributed by atoms with Gasteiger partial charge in [-0.05, 0) is 43.1 Å². The highest BCUT2D eigenvalue weighted by Crippen LogP contribution is 2.16. The van der Waals surface area contributed by atoms with Gasteiger partial charge >= 0.3 is 0 Å². The van der Waals surface area contributed by atoms with E-state index in [1.807, 2.05) is 24.3 Å². The Morgan fingerprint density at radius 3 is 2.68 bits per heavy atom. The number of rotatable bonds is 12. The van der Waals surface area contributed by atoms with Crippen molar-refractivity contribution in [2.24, 2.45) is 0 Å². The predicted octanol–water partition coefficient (Wildman–Crippen LogP) is 4.70. The molecule has 0 unspecified atom stereocenters. The highest BCUT2D eigenvalue weighted by atomic mass is 19.1. The smallest absolute Gasteiger partial charge is 0.129 e. The third-order valence-electron chi connectivity index (χ3n) is 3.86. The van der Waals surface area contributed by atoms with Gasteiger partial charge in [0.05, 0.1) is 0 Å². The Labute approximate surface area is 150 Å². The topological polar surface area (TPSA) is 30.5 Å². The molecule has 0 spiro atoms. The lowest BCUT2D eigenvalue weighted by molar-refractivity contribution is 0.129. The molecule has 4 heteroatoms. The van der Waals surface area contributed by atoms with Crippen LogP contribution in [0.15, 0.2) is 48.5 Å². The summed E-state index contributed by atoms with van der Waals surface area (Å²) in [5.74, 6) is 0.520. The van der Waals surface area contributed by atoms with E-state index in [0.717, 1.165) is 50.5 Å². The van der Waals surface area contributed by atoms with Crippen LogP contribution in [0.4, 0.5) is 4.39 Å². The maximum absolute atomic E-state index is 13.6. The Bertz CT molecular complexity index is 618. The van der Waals surface area contributed by atoms with Gasteiger partial charge in [-0.2, -0.15) is 0 Å². The highest BCUT2D eigenvalue weighted by Gasteiger charge is 2.02. The van der Waals surface area contributed by atoms with Crippen molar-refractivity contribution in [3.05, 3.63) is 65.5 Å². The van der Waals surface area contributed by atoms with Crippen molar-refractivity contribution in [3.63, 3.8) is 0 Å². The Balaban J connectivity index is 1.67. The van der Waals surface area contributed by atoms with Gasteiger partial charge in [0.15, 0.2) is 0 Å². The van der Waals surface area contributed by atoms with Crippen LogP contribution in [0.3, 0.4) is 0 Å². The molecule has 1 N–H and O–H groups in total. The van der Waals surface area contributed by atoms with Gasteiger partial charge in [-0.3, -0.25) is 0 Å². The molecule has 0 aliphatic carbocycles. The zero-order valence-electron chi connectivity index (χ0n) is 15.0. The summed E-state index contributed by atoms with van der Waals surface area (Å²) >= 11 is 0. The van der Waals surface area contributed by atoms with Gasteiger partial charge in [-0.1, -0.05) is 43.7 Å². The van der Waals surface area contributed by atoms with Gasteiger partial charge in [0.2, 0.25) is 0 Å². The number of benzene rings is 2. The highest BCUT2D eigenvalue weighted by molar-refractivity contribution is 5.29. The Morgan fingerprint density at radius 2 is 1.84 bits per heavy atom. The first-order valence-corrected chi connectivity index (χ1v) is 9.03. The average Bonchev–Trinajstić information content (AvgIpc) is 2.64. The minimum absolute atomic E-state index is 0.235. The standard InChI is InChI=1S/C21H28FNO2/c1-2-3-13-24-14-7-12-23-16-18-8-6-10-20(15-18)25-17-19-9-4-5-11-21(19)22/h4-6,8-11,15,23H,2-3,7,12-14,16-17H2,1H3. The molecule has 0 saturated heterocycles. The molecule has 0 aliphatic heterocycles. The van der Waals surface area contributed by atoms with Gasteiger partial charge in [0, 0.05) is 25.3 Å². The summed E-state index contributed by atoms with van der Waals surface area (Å²) in [7, 11) is 0. The number of unbranched alkanes of at least 4 members (excludes halogenated alkanes) is 1. The average molecular weight is 345 g/mol. The van der Waals surface area contributed by atoms with Crippen molar-refractivity contribution >= 4 is 0 Å². The minimum Gasteiger partial charge on any atom is -0.489 e.